The topological polar surface area (TPSA) is 120 Å². The standard InChI is InChI=1S/C18H22N2O7/c1-3-26-14(11-25-8-4-7-21)10-19-17-15-9-13(20(23)24)5-6-16(15)27-12(2)18(17)22/h4-6,9,11-12,17-19,22H,3,8,10H2,1-2H3/t12-,17?,18-/m0/s1. The van der Waals surface area contributed by atoms with Gasteiger partial charge in [-0.1, -0.05) is 0 Å². The van der Waals surface area contributed by atoms with Gasteiger partial charge in [-0.3, -0.25) is 10.1 Å². The number of hydrogen-bond acceptors (Lipinski definition) is 8. The van der Waals surface area contributed by atoms with E-state index >= 15 is 0 Å². The minimum atomic E-state index is -0.915. The third-order valence-corrected chi connectivity index (χ3v) is 3.98. The van der Waals surface area contributed by atoms with Gasteiger partial charge < -0.3 is 24.6 Å². The third-order valence-electron chi connectivity index (χ3n) is 3.98. The summed E-state index contributed by atoms with van der Waals surface area (Å²) in [6, 6.07) is 3.68. The van der Waals surface area contributed by atoms with E-state index < -0.39 is 23.2 Å². The second kappa shape index (κ2) is 9.72. The fraction of sp³-hybridized carbons (Fsp3) is 0.444. The Morgan fingerprint density at radius 3 is 2.96 bits per heavy atom. The van der Waals surface area contributed by atoms with Crippen molar-refractivity contribution in [1.29, 1.82) is 0 Å². The first-order valence-corrected chi connectivity index (χ1v) is 8.47. The Kier molecular flexibility index (Phi) is 7.36. The Morgan fingerprint density at radius 1 is 1.52 bits per heavy atom. The van der Waals surface area contributed by atoms with Gasteiger partial charge in [-0.25, -0.2) is 4.79 Å². The molecule has 9 heteroatoms. The molecule has 2 N–H and O–H groups in total. The van der Waals surface area contributed by atoms with Crippen LogP contribution in [0.25, 0.3) is 0 Å². The van der Waals surface area contributed by atoms with Gasteiger partial charge in [-0.05, 0) is 19.9 Å². The molecule has 1 aliphatic heterocycles. The van der Waals surface area contributed by atoms with Crippen molar-refractivity contribution in [2.24, 2.45) is 0 Å². The number of rotatable bonds is 9. The molecule has 0 saturated heterocycles. The summed E-state index contributed by atoms with van der Waals surface area (Å²) >= 11 is 0. The fourth-order valence-corrected chi connectivity index (χ4v) is 2.70. The predicted octanol–water partition coefficient (Wildman–Crippen LogP) is 1.65. The van der Waals surface area contributed by atoms with Crippen molar-refractivity contribution in [3.63, 3.8) is 0 Å². The zero-order valence-corrected chi connectivity index (χ0v) is 15.1. The highest BCUT2D eigenvalue weighted by molar-refractivity contribution is 5.47. The molecule has 27 heavy (non-hydrogen) atoms. The van der Waals surface area contributed by atoms with E-state index in [2.05, 4.69) is 5.32 Å². The monoisotopic (exact) mass is 378 g/mol. The van der Waals surface area contributed by atoms with Gasteiger partial charge in [0.1, 0.15) is 42.5 Å². The average molecular weight is 378 g/mol. The first-order valence-electron chi connectivity index (χ1n) is 8.47. The molecule has 0 radical (unpaired) electrons. The number of carbonyl (C=O) groups excluding carboxylic acids is 1. The fourth-order valence-electron chi connectivity index (χ4n) is 2.70. The summed E-state index contributed by atoms with van der Waals surface area (Å²) in [6.45, 7) is 4.19. The number of nitro groups is 1. The van der Waals surface area contributed by atoms with Crippen molar-refractivity contribution in [2.75, 3.05) is 19.8 Å². The number of nitrogens with one attached hydrogen (secondary N) is 1. The molecule has 1 heterocycles. The minimum Gasteiger partial charge on any atom is -0.494 e. The quantitative estimate of drug-likeness (QED) is 0.219. The first-order chi connectivity index (χ1) is 13.0. The number of non-ortho nitro benzene ring substituents is 1. The predicted molar refractivity (Wildman–Crippen MR) is 95.9 cm³/mol. The molecule has 1 aromatic carbocycles. The van der Waals surface area contributed by atoms with Crippen LogP contribution in [0.1, 0.15) is 25.5 Å². The smallest absolute Gasteiger partial charge is 0.270 e. The van der Waals surface area contributed by atoms with Crippen LogP contribution in [0.4, 0.5) is 5.69 Å². The van der Waals surface area contributed by atoms with Crippen LogP contribution >= 0.6 is 0 Å². The number of benzene rings is 1. The van der Waals surface area contributed by atoms with E-state index in [1.165, 1.54) is 30.5 Å². The molecule has 1 unspecified atom stereocenters. The summed E-state index contributed by atoms with van der Waals surface area (Å²) in [6.07, 6.45) is 1.15. The van der Waals surface area contributed by atoms with E-state index in [-0.39, 0.29) is 18.8 Å². The van der Waals surface area contributed by atoms with Gasteiger partial charge in [-0.15, -0.1) is 0 Å². The number of nitro benzene ring substituents is 1. The number of aliphatic hydroxyl groups is 1. The average Bonchev–Trinajstić information content (AvgIpc) is 2.65. The third kappa shape index (κ3) is 5.30. The normalized spacial score (nSPS) is 21.4. The van der Waals surface area contributed by atoms with Crippen molar-refractivity contribution in [1.82, 2.24) is 5.32 Å². The van der Waals surface area contributed by atoms with E-state index in [0.717, 1.165) is 0 Å². The Bertz CT molecular complexity index is 743. The van der Waals surface area contributed by atoms with Crippen molar-refractivity contribution in [3.8, 4) is 5.75 Å². The molecule has 0 amide bonds. The number of nitrogens with zero attached hydrogens (tertiary/aromatic N) is 1. The van der Waals surface area contributed by atoms with Crippen LogP contribution in [-0.4, -0.2) is 47.9 Å². The second-order valence-corrected chi connectivity index (χ2v) is 5.82. The lowest BCUT2D eigenvalue weighted by Gasteiger charge is -2.35. The van der Waals surface area contributed by atoms with E-state index in [4.69, 9.17) is 14.2 Å². The Labute approximate surface area is 156 Å². The van der Waals surface area contributed by atoms with Crippen LogP contribution < -0.4 is 10.1 Å². The second-order valence-electron chi connectivity index (χ2n) is 5.82. The minimum absolute atomic E-state index is 0.0615. The van der Waals surface area contributed by atoms with Gasteiger partial charge in [0, 0.05) is 23.8 Å². The molecule has 0 bridgehead atoms. The van der Waals surface area contributed by atoms with E-state index in [1.807, 2.05) is 6.92 Å². The lowest BCUT2D eigenvalue weighted by Crippen LogP contribution is -2.45. The highest BCUT2D eigenvalue weighted by Gasteiger charge is 2.35. The molecular formula is C18H22N2O7. The molecule has 0 fully saturated rings. The molecule has 2 rings (SSSR count). The van der Waals surface area contributed by atoms with Crippen molar-refractivity contribution < 1.29 is 29.0 Å². The lowest BCUT2D eigenvalue weighted by molar-refractivity contribution is -0.385. The number of fused-ring (bicyclic) bond motifs is 1. The van der Waals surface area contributed by atoms with Crippen LogP contribution in [0.5, 0.6) is 5.75 Å². The Hall–Kier alpha value is -2.87. The molecule has 3 atom stereocenters. The van der Waals surface area contributed by atoms with Crippen molar-refractivity contribution >= 4 is 11.6 Å². The van der Waals surface area contributed by atoms with Crippen LogP contribution in [0.3, 0.4) is 0 Å². The number of aliphatic hydroxyl groups excluding tert-OH is 1. The van der Waals surface area contributed by atoms with E-state index in [9.17, 15) is 20.0 Å². The van der Waals surface area contributed by atoms with Crippen molar-refractivity contribution in [2.45, 2.75) is 32.1 Å². The van der Waals surface area contributed by atoms with E-state index in [0.29, 0.717) is 23.7 Å². The number of hydrogen-bond donors (Lipinski definition) is 2. The molecule has 0 aliphatic carbocycles. The molecule has 146 valence electrons. The van der Waals surface area contributed by atoms with Crippen LogP contribution in [0.15, 0.2) is 36.3 Å². The largest absolute Gasteiger partial charge is 0.494 e. The SMILES string of the molecule is CCOC(=COCC=C=O)CNC1c2cc([N+](=O)[O-])ccc2O[C@@H](C)[C@@H]1O. The van der Waals surface area contributed by atoms with Gasteiger partial charge >= 0.3 is 0 Å². The maximum atomic E-state index is 11.1. The van der Waals surface area contributed by atoms with Crippen LogP contribution in [0, 0.1) is 10.1 Å². The Balaban J connectivity index is 2.19. The van der Waals surface area contributed by atoms with Gasteiger partial charge in [0.15, 0.2) is 0 Å². The van der Waals surface area contributed by atoms with Gasteiger partial charge in [0.2, 0.25) is 0 Å². The summed E-state index contributed by atoms with van der Waals surface area (Å²) in [5, 5.41) is 24.7. The van der Waals surface area contributed by atoms with E-state index in [1.54, 1.807) is 12.9 Å². The van der Waals surface area contributed by atoms with Crippen LogP contribution in [0.2, 0.25) is 0 Å². The summed E-state index contributed by atoms with van der Waals surface area (Å²) in [5.41, 5.74) is 0.408. The maximum Gasteiger partial charge on any atom is 0.270 e. The highest BCUT2D eigenvalue weighted by atomic mass is 16.6. The molecule has 0 spiro atoms. The lowest BCUT2D eigenvalue weighted by atomic mass is 9.93. The Morgan fingerprint density at radius 2 is 2.30 bits per heavy atom. The summed E-state index contributed by atoms with van der Waals surface area (Å²) in [7, 11) is 0. The molecule has 0 aromatic heterocycles. The zero-order valence-electron chi connectivity index (χ0n) is 15.1. The summed E-state index contributed by atoms with van der Waals surface area (Å²) < 4.78 is 16.3. The molecule has 1 aromatic rings. The van der Waals surface area contributed by atoms with Crippen molar-refractivity contribution in [3.05, 3.63) is 52.0 Å². The summed E-state index contributed by atoms with van der Waals surface area (Å²) in [4.78, 5) is 20.7. The molecule has 9 nitrogen and oxygen atoms in total. The maximum absolute atomic E-state index is 11.1. The van der Waals surface area contributed by atoms with Gasteiger partial charge in [0.25, 0.3) is 5.69 Å². The summed E-state index contributed by atoms with van der Waals surface area (Å²) in [5.74, 6) is 2.54. The molecular weight excluding hydrogens is 356 g/mol. The van der Waals surface area contributed by atoms with Crippen LogP contribution in [-0.2, 0) is 14.3 Å². The zero-order chi connectivity index (χ0) is 19.8. The highest BCUT2D eigenvalue weighted by Crippen LogP contribution is 2.37. The first kappa shape index (κ1) is 20.4. The van der Waals surface area contributed by atoms with Gasteiger partial charge in [-0.2, -0.15) is 0 Å². The van der Waals surface area contributed by atoms with Gasteiger partial charge in [0.05, 0.1) is 24.1 Å². The molecule has 0 saturated carbocycles. The number of ether oxygens (including phenoxy) is 3. The molecule has 1 aliphatic rings.